The van der Waals surface area contributed by atoms with Crippen LogP contribution in [0.4, 0.5) is 13.2 Å². The van der Waals surface area contributed by atoms with Crippen molar-refractivity contribution < 1.29 is 18.0 Å². The molecule has 10 heteroatoms. The van der Waals surface area contributed by atoms with Crippen molar-refractivity contribution in [3.8, 4) is 6.07 Å². The van der Waals surface area contributed by atoms with Crippen LogP contribution in [0.2, 0.25) is 0 Å². The van der Waals surface area contributed by atoms with E-state index in [1.54, 1.807) is 0 Å². The number of nitrogens with zero attached hydrogens (tertiary/aromatic N) is 3. The summed E-state index contributed by atoms with van der Waals surface area (Å²) in [6, 6.07) is 23.2. The second kappa shape index (κ2) is 10.6. The molecular formula is C36H31F3N6O. The highest BCUT2D eigenvalue weighted by atomic mass is 19.4. The Kier molecular flexibility index (Phi) is 6.60. The fourth-order valence-electron chi connectivity index (χ4n) is 8.15. The second-order valence-electron chi connectivity index (χ2n) is 12.5. The van der Waals surface area contributed by atoms with Crippen molar-refractivity contribution in [2.75, 3.05) is 13.6 Å². The molecule has 2 aromatic heterocycles. The van der Waals surface area contributed by atoms with Gasteiger partial charge in [0.2, 0.25) is 5.91 Å². The van der Waals surface area contributed by atoms with E-state index in [0.717, 1.165) is 47.1 Å². The van der Waals surface area contributed by atoms with Gasteiger partial charge in [0, 0.05) is 57.9 Å². The average molecular weight is 621 g/mol. The molecule has 0 spiro atoms. The van der Waals surface area contributed by atoms with E-state index < -0.39 is 23.7 Å². The minimum absolute atomic E-state index is 0.00608. The number of amides is 1. The number of halogens is 3. The number of nitriles is 1. The zero-order chi connectivity index (χ0) is 31.7. The number of piperazine rings is 1. The average Bonchev–Trinajstić information content (AvgIpc) is 3.60. The molecule has 1 fully saturated rings. The van der Waals surface area contributed by atoms with Crippen molar-refractivity contribution in [2.24, 2.45) is 0 Å². The summed E-state index contributed by atoms with van der Waals surface area (Å²) in [6.07, 6.45) is -0.357. The number of alkyl halides is 3. The Balaban J connectivity index is 1.17. The first-order chi connectivity index (χ1) is 22.2. The molecule has 1 saturated heterocycles. The van der Waals surface area contributed by atoms with Crippen molar-refractivity contribution in [2.45, 2.75) is 49.2 Å². The van der Waals surface area contributed by atoms with Crippen LogP contribution >= 0.6 is 0 Å². The molecule has 3 N–H and O–H groups in total. The Morgan fingerprint density at radius 1 is 0.957 bits per heavy atom. The number of hydrogen-bond donors (Lipinski definition) is 3. The monoisotopic (exact) mass is 620 g/mol. The Labute approximate surface area is 263 Å². The predicted octanol–water partition coefficient (Wildman–Crippen LogP) is 6.27. The van der Waals surface area contributed by atoms with Gasteiger partial charge in [-0.15, -0.1) is 0 Å². The summed E-state index contributed by atoms with van der Waals surface area (Å²) in [5, 5.41) is 16.1. The number of H-pyrrole nitrogens is 2. The van der Waals surface area contributed by atoms with Gasteiger partial charge >= 0.3 is 6.18 Å². The molecule has 46 heavy (non-hydrogen) atoms. The van der Waals surface area contributed by atoms with E-state index in [1.165, 1.54) is 46.5 Å². The molecule has 0 saturated carbocycles. The molecule has 232 valence electrons. The number of nitrogens with one attached hydrogen (secondary N) is 3. The lowest BCUT2D eigenvalue weighted by atomic mass is 9.75. The van der Waals surface area contributed by atoms with Gasteiger partial charge in [-0.1, -0.05) is 48.5 Å². The van der Waals surface area contributed by atoms with Gasteiger partial charge < -0.3 is 15.3 Å². The van der Waals surface area contributed by atoms with Crippen molar-refractivity contribution in [3.05, 3.63) is 113 Å². The largest absolute Gasteiger partial charge is 0.416 e. The van der Waals surface area contributed by atoms with Crippen molar-refractivity contribution in [1.29, 1.82) is 5.26 Å². The van der Waals surface area contributed by atoms with Gasteiger partial charge in [0.15, 0.2) is 0 Å². The number of para-hydroxylation sites is 2. The molecule has 5 atom stereocenters. The Hall–Kier alpha value is -4.85. The summed E-state index contributed by atoms with van der Waals surface area (Å²) in [4.78, 5) is 25.1. The third-order valence-electron chi connectivity index (χ3n) is 10.1. The number of rotatable bonds is 4. The summed E-state index contributed by atoms with van der Waals surface area (Å²) in [7, 11) is 2.12. The molecule has 0 aliphatic carbocycles. The summed E-state index contributed by atoms with van der Waals surface area (Å²) >= 11 is 0. The normalized spacial score (nSPS) is 24.5. The summed E-state index contributed by atoms with van der Waals surface area (Å²) in [6.45, 7) is 0.225. The molecule has 5 heterocycles. The summed E-state index contributed by atoms with van der Waals surface area (Å²) in [5.41, 5.74) is 6.24. The van der Waals surface area contributed by atoms with E-state index in [2.05, 4.69) is 62.5 Å². The number of likely N-dealkylation sites (N-methyl/N-ethyl adjacent to an activating group) is 1. The van der Waals surface area contributed by atoms with Crippen molar-refractivity contribution >= 4 is 33.8 Å². The third kappa shape index (κ3) is 4.45. The maximum atomic E-state index is 13.2. The highest BCUT2D eigenvalue weighted by Gasteiger charge is 2.55. The minimum Gasteiger partial charge on any atom is -0.357 e. The van der Waals surface area contributed by atoms with E-state index in [4.69, 9.17) is 0 Å². The van der Waals surface area contributed by atoms with Gasteiger partial charge in [0.1, 0.15) is 6.04 Å². The second-order valence-corrected chi connectivity index (χ2v) is 12.5. The van der Waals surface area contributed by atoms with Gasteiger partial charge in [-0.25, -0.2) is 0 Å². The summed E-state index contributed by atoms with van der Waals surface area (Å²) < 4.78 is 39.6. The molecule has 0 unspecified atom stereocenters. The van der Waals surface area contributed by atoms with Crippen LogP contribution in [0, 0.1) is 11.3 Å². The fraction of sp³-hybridized carbons (Fsp3) is 0.278. The summed E-state index contributed by atoms with van der Waals surface area (Å²) in [5.74, 6) is -0.419. The molecule has 3 aliphatic heterocycles. The van der Waals surface area contributed by atoms with E-state index in [-0.39, 0.29) is 36.3 Å². The maximum Gasteiger partial charge on any atom is 0.416 e. The van der Waals surface area contributed by atoms with Crippen LogP contribution in [0.3, 0.4) is 0 Å². The minimum atomic E-state index is -4.47. The first kappa shape index (κ1) is 28.6. The number of hydrogen-bond acceptors (Lipinski definition) is 4. The number of fused-ring (bicyclic) bond motifs is 11. The Bertz CT molecular complexity index is 2070. The topological polar surface area (TPSA) is 90.9 Å². The van der Waals surface area contributed by atoms with Gasteiger partial charge in [-0.05, 0) is 66.9 Å². The van der Waals surface area contributed by atoms with E-state index in [1.807, 2.05) is 24.3 Å². The molecule has 0 radical (unpaired) electrons. The SMILES string of the molecule is CN1[C@@H]2c3[nH]c4ccccc4c3C[C@H]1[C@H](C#N)N1[C@@H](CNC(=O)/C=C/c3cccc(C(F)(F)F)c3)c3[nH]c4ccccc4c3C[C@@H]21. The lowest BCUT2D eigenvalue weighted by molar-refractivity contribution is -0.137. The first-order valence-electron chi connectivity index (χ1n) is 15.4. The van der Waals surface area contributed by atoms with Gasteiger partial charge in [-0.2, -0.15) is 18.4 Å². The van der Waals surface area contributed by atoms with Crippen LogP contribution in [-0.4, -0.2) is 57.4 Å². The number of benzene rings is 3. The number of aromatic nitrogens is 2. The molecule has 3 aromatic carbocycles. The maximum absolute atomic E-state index is 13.2. The predicted molar refractivity (Wildman–Crippen MR) is 170 cm³/mol. The van der Waals surface area contributed by atoms with E-state index in [0.29, 0.717) is 0 Å². The zero-order valence-electron chi connectivity index (χ0n) is 25.0. The molecular weight excluding hydrogens is 589 g/mol. The molecule has 3 aliphatic rings. The smallest absolute Gasteiger partial charge is 0.357 e. The highest BCUT2D eigenvalue weighted by molar-refractivity contribution is 5.92. The van der Waals surface area contributed by atoms with Crippen LogP contribution in [0.25, 0.3) is 27.9 Å². The fourth-order valence-corrected chi connectivity index (χ4v) is 8.15. The third-order valence-corrected chi connectivity index (χ3v) is 10.1. The van der Waals surface area contributed by atoms with Gasteiger partial charge in [-0.3, -0.25) is 14.6 Å². The molecule has 8 rings (SSSR count). The quantitative estimate of drug-likeness (QED) is 0.207. The molecule has 5 aromatic rings. The zero-order valence-corrected chi connectivity index (χ0v) is 25.0. The van der Waals surface area contributed by atoms with Crippen molar-refractivity contribution in [1.82, 2.24) is 25.1 Å². The van der Waals surface area contributed by atoms with E-state index >= 15 is 0 Å². The van der Waals surface area contributed by atoms with Crippen LogP contribution in [0.5, 0.6) is 0 Å². The number of aromatic amines is 2. The number of carbonyl (C=O) groups is 1. The highest BCUT2D eigenvalue weighted by Crippen LogP contribution is 2.51. The van der Waals surface area contributed by atoms with Gasteiger partial charge in [0.05, 0.1) is 23.7 Å². The van der Waals surface area contributed by atoms with Crippen LogP contribution in [0.1, 0.15) is 45.7 Å². The standard InChI is InChI=1S/C36H31F3N6O/c1-44-28-16-25-23-10-3-5-12-27(23)43-34(25)35(44)29-17-24-22-9-2-4-11-26(22)42-33(24)31(45(29)30(28)18-40)19-41-32(46)14-13-20-7-6-8-21(15-20)36(37,38)39/h2-15,28-31,35,42-43H,16-17,19H2,1H3,(H,41,46)/b14-13+/t28-,29-,30-,31-,35-/m0/s1. The van der Waals surface area contributed by atoms with E-state index in [9.17, 15) is 23.2 Å². The lowest BCUT2D eigenvalue weighted by Gasteiger charge is -2.58. The lowest BCUT2D eigenvalue weighted by Crippen LogP contribution is -2.68. The van der Waals surface area contributed by atoms with Crippen LogP contribution in [0.15, 0.2) is 78.9 Å². The van der Waals surface area contributed by atoms with Crippen LogP contribution in [-0.2, 0) is 23.8 Å². The molecule has 7 nitrogen and oxygen atoms in total. The van der Waals surface area contributed by atoms with Crippen molar-refractivity contribution in [3.63, 3.8) is 0 Å². The number of carbonyl (C=O) groups excluding carboxylic acids is 1. The molecule has 2 bridgehead atoms. The van der Waals surface area contributed by atoms with Crippen LogP contribution < -0.4 is 5.32 Å². The first-order valence-corrected chi connectivity index (χ1v) is 15.4. The Morgan fingerprint density at radius 3 is 2.30 bits per heavy atom. The van der Waals surface area contributed by atoms with Gasteiger partial charge in [0.25, 0.3) is 0 Å². The Morgan fingerprint density at radius 2 is 1.61 bits per heavy atom. The molecule has 1 amide bonds.